The molecule has 5 nitrogen and oxygen atoms in total. The van der Waals surface area contributed by atoms with Crippen molar-refractivity contribution in [1.82, 2.24) is 0 Å². The number of ether oxygens (including phenoxy) is 2. The summed E-state index contributed by atoms with van der Waals surface area (Å²) < 4.78 is 11.1. The largest absolute Gasteiger partial charge is 0.486 e. The number of carbonyl (C=O) groups is 1. The van der Waals surface area contributed by atoms with Crippen LogP contribution in [-0.4, -0.2) is 31.4 Å². The van der Waals surface area contributed by atoms with Crippen molar-refractivity contribution in [2.24, 2.45) is 0 Å². The molecule has 0 saturated carbocycles. The van der Waals surface area contributed by atoms with E-state index in [2.05, 4.69) is 0 Å². The van der Waals surface area contributed by atoms with Gasteiger partial charge in [0.1, 0.15) is 13.2 Å². The molecule has 0 radical (unpaired) electrons. The molecule has 0 unspecified atom stereocenters. The minimum Gasteiger partial charge on any atom is -0.486 e. The number of hydrogen-bond donors (Lipinski definition) is 1. The lowest BCUT2D eigenvalue weighted by Crippen LogP contribution is -2.35. The molecule has 6 heteroatoms. The summed E-state index contributed by atoms with van der Waals surface area (Å²) in [6, 6.07) is 11.8. The molecular weight excluding hydrogens is 348 g/mol. The van der Waals surface area contributed by atoms with E-state index in [0.717, 1.165) is 58.5 Å². The Labute approximate surface area is 157 Å². The van der Waals surface area contributed by atoms with Crippen molar-refractivity contribution in [1.29, 1.82) is 0 Å². The van der Waals surface area contributed by atoms with Crippen LogP contribution < -0.4 is 20.1 Å². The third kappa shape index (κ3) is 3.46. The summed E-state index contributed by atoms with van der Waals surface area (Å²) in [4.78, 5) is 15.7. The van der Waals surface area contributed by atoms with Gasteiger partial charge in [0.2, 0.25) is 5.91 Å². The first-order valence-corrected chi connectivity index (χ1v) is 9.91. The van der Waals surface area contributed by atoms with Crippen LogP contribution in [0.2, 0.25) is 0 Å². The van der Waals surface area contributed by atoms with E-state index in [4.69, 9.17) is 15.2 Å². The Bertz CT molecular complexity index is 825. The Morgan fingerprint density at radius 3 is 2.88 bits per heavy atom. The second-order valence-corrected chi connectivity index (χ2v) is 7.57. The van der Waals surface area contributed by atoms with Gasteiger partial charge in [-0.3, -0.25) is 4.79 Å². The first kappa shape index (κ1) is 17.1. The molecule has 0 aliphatic carbocycles. The maximum Gasteiger partial charge on any atom is 0.227 e. The van der Waals surface area contributed by atoms with Crippen LogP contribution in [-0.2, 0) is 11.2 Å². The third-order valence-corrected chi connectivity index (χ3v) is 5.68. The predicted octanol–water partition coefficient (Wildman–Crippen LogP) is 3.50. The van der Waals surface area contributed by atoms with Crippen molar-refractivity contribution in [3.63, 3.8) is 0 Å². The van der Waals surface area contributed by atoms with E-state index in [9.17, 15) is 4.79 Å². The van der Waals surface area contributed by atoms with Gasteiger partial charge >= 0.3 is 0 Å². The zero-order valence-electron chi connectivity index (χ0n) is 14.6. The number of thioether (sulfide) groups is 1. The normalized spacial score (nSPS) is 15.5. The molecule has 0 bridgehead atoms. The first-order chi connectivity index (χ1) is 12.7. The van der Waals surface area contributed by atoms with Crippen LogP contribution in [0.1, 0.15) is 18.4 Å². The van der Waals surface area contributed by atoms with E-state index in [0.29, 0.717) is 19.6 Å². The highest BCUT2D eigenvalue weighted by Crippen LogP contribution is 2.35. The van der Waals surface area contributed by atoms with E-state index in [1.165, 1.54) is 0 Å². The van der Waals surface area contributed by atoms with E-state index >= 15 is 0 Å². The van der Waals surface area contributed by atoms with Crippen molar-refractivity contribution in [2.75, 3.05) is 36.1 Å². The lowest BCUT2D eigenvalue weighted by atomic mass is 9.99. The van der Waals surface area contributed by atoms with Gasteiger partial charge in [-0.25, -0.2) is 0 Å². The summed E-state index contributed by atoms with van der Waals surface area (Å²) in [5, 5.41) is 0. The Kier molecular flexibility index (Phi) is 4.93. The smallest absolute Gasteiger partial charge is 0.227 e. The number of nitrogen functional groups attached to an aromatic ring is 1. The van der Waals surface area contributed by atoms with Crippen molar-refractivity contribution >= 4 is 29.0 Å². The van der Waals surface area contributed by atoms with Crippen LogP contribution in [0.5, 0.6) is 11.5 Å². The van der Waals surface area contributed by atoms with Gasteiger partial charge in [-0.2, -0.15) is 0 Å². The van der Waals surface area contributed by atoms with Gasteiger partial charge in [0.15, 0.2) is 11.5 Å². The van der Waals surface area contributed by atoms with Gasteiger partial charge in [0, 0.05) is 35.0 Å². The molecule has 2 heterocycles. The number of hydrogen-bond acceptors (Lipinski definition) is 5. The molecule has 136 valence electrons. The zero-order chi connectivity index (χ0) is 17.9. The summed E-state index contributed by atoms with van der Waals surface area (Å²) in [7, 11) is 0. The van der Waals surface area contributed by atoms with E-state index in [1.807, 2.05) is 41.3 Å². The molecule has 2 aromatic carbocycles. The molecule has 2 N–H and O–H groups in total. The van der Waals surface area contributed by atoms with Crippen LogP contribution in [0.15, 0.2) is 41.3 Å². The molecule has 2 aliphatic rings. The molecule has 0 spiro atoms. The first-order valence-electron chi connectivity index (χ1n) is 8.92. The Balaban J connectivity index is 1.37. The summed E-state index contributed by atoms with van der Waals surface area (Å²) in [6.45, 7) is 1.94. The Morgan fingerprint density at radius 2 is 2.00 bits per heavy atom. The SMILES string of the molecule is Nc1cccc2c1CCCN2C(=O)CCSc1ccc2c(c1)OCCO2. The van der Waals surface area contributed by atoms with Crippen LogP contribution in [0.4, 0.5) is 11.4 Å². The van der Waals surface area contributed by atoms with Gasteiger partial charge in [-0.15, -0.1) is 11.8 Å². The number of carbonyl (C=O) groups excluding carboxylic acids is 1. The van der Waals surface area contributed by atoms with E-state index in [-0.39, 0.29) is 5.91 Å². The molecule has 26 heavy (non-hydrogen) atoms. The third-order valence-electron chi connectivity index (χ3n) is 4.69. The second kappa shape index (κ2) is 7.50. The van der Waals surface area contributed by atoms with Crippen molar-refractivity contribution < 1.29 is 14.3 Å². The Hall–Kier alpha value is -2.34. The van der Waals surface area contributed by atoms with Gasteiger partial charge < -0.3 is 20.1 Å². The maximum atomic E-state index is 12.7. The molecular formula is C20H22N2O3S. The lowest BCUT2D eigenvalue weighted by molar-refractivity contribution is -0.118. The summed E-state index contributed by atoms with van der Waals surface area (Å²) in [5.41, 5.74) is 8.94. The van der Waals surface area contributed by atoms with Gasteiger partial charge in [-0.1, -0.05) is 6.07 Å². The van der Waals surface area contributed by atoms with Gasteiger partial charge in [0.05, 0.1) is 0 Å². The van der Waals surface area contributed by atoms with Crippen molar-refractivity contribution in [3.05, 3.63) is 42.0 Å². The van der Waals surface area contributed by atoms with Crippen LogP contribution >= 0.6 is 11.8 Å². The average Bonchev–Trinajstić information content (AvgIpc) is 2.68. The molecule has 2 aliphatic heterocycles. The standard InChI is InChI=1S/C20H22N2O3S/c21-16-4-1-5-17-15(16)3-2-9-22(17)20(23)8-12-26-14-6-7-18-19(13-14)25-11-10-24-18/h1,4-7,13H,2-3,8-12,21H2. The molecule has 2 aromatic rings. The summed E-state index contributed by atoms with van der Waals surface area (Å²) >= 11 is 1.66. The molecule has 1 amide bonds. The number of nitrogens with two attached hydrogens (primary N) is 1. The number of benzene rings is 2. The summed E-state index contributed by atoms with van der Waals surface area (Å²) in [5.74, 6) is 2.46. The van der Waals surface area contributed by atoms with E-state index in [1.54, 1.807) is 11.8 Å². The highest BCUT2D eigenvalue weighted by Gasteiger charge is 2.23. The van der Waals surface area contributed by atoms with Gasteiger partial charge in [-0.05, 0) is 48.7 Å². The van der Waals surface area contributed by atoms with Crippen LogP contribution in [0.3, 0.4) is 0 Å². The molecule has 0 fully saturated rings. The molecule has 0 atom stereocenters. The van der Waals surface area contributed by atoms with Crippen LogP contribution in [0, 0.1) is 0 Å². The predicted molar refractivity (Wildman–Crippen MR) is 104 cm³/mol. The number of nitrogens with zero attached hydrogens (tertiary/aromatic N) is 1. The second-order valence-electron chi connectivity index (χ2n) is 6.40. The minimum absolute atomic E-state index is 0.154. The highest BCUT2D eigenvalue weighted by atomic mass is 32.2. The van der Waals surface area contributed by atoms with Crippen LogP contribution in [0.25, 0.3) is 0 Å². The molecule has 0 saturated heterocycles. The zero-order valence-corrected chi connectivity index (χ0v) is 15.4. The molecule has 0 aromatic heterocycles. The maximum absolute atomic E-state index is 12.7. The Morgan fingerprint density at radius 1 is 1.15 bits per heavy atom. The monoisotopic (exact) mass is 370 g/mol. The lowest BCUT2D eigenvalue weighted by Gasteiger charge is -2.30. The van der Waals surface area contributed by atoms with Crippen molar-refractivity contribution in [3.8, 4) is 11.5 Å². The summed E-state index contributed by atoms with van der Waals surface area (Å²) in [6.07, 6.45) is 2.40. The molecule has 4 rings (SSSR count). The quantitative estimate of drug-likeness (QED) is 0.659. The fourth-order valence-electron chi connectivity index (χ4n) is 3.42. The fourth-order valence-corrected chi connectivity index (χ4v) is 4.28. The van der Waals surface area contributed by atoms with E-state index < -0.39 is 0 Å². The highest BCUT2D eigenvalue weighted by molar-refractivity contribution is 7.99. The number of rotatable bonds is 4. The number of anilines is 2. The topological polar surface area (TPSA) is 64.8 Å². The number of amides is 1. The van der Waals surface area contributed by atoms with Gasteiger partial charge in [0.25, 0.3) is 0 Å². The fraction of sp³-hybridized carbons (Fsp3) is 0.350. The van der Waals surface area contributed by atoms with Crippen molar-refractivity contribution in [2.45, 2.75) is 24.2 Å². The minimum atomic E-state index is 0.154. The average molecular weight is 370 g/mol. The number of fused-ring (bicyclic) bond motifs is 2.